The monoisotopic (exact) mass is 376 g/mol. The van der Waals surface area contributed by atoms with E-state index in [1.54, 1.807) is 29.2 Å². The van der Waals surface area contributed by atoms with Crippen LogP contribution >= 0.6 is 11.8 Å². The van der Waals surface area contributed by atoms with Crippen molar-refractivity contribution >= 4 is 34.9 Å². The van der Waals surface area contributed by atoms with Crippen LogP contribution in [-0.4, -0.2) is 60.7 Å². The van der Waals surface area contributed by atoms with Gasteiger partial charge in [-0.2, -0.15) is 0 Å². The van der Waals surface area contributed by atoms with Crippen molar-refractivity contribution in [3.8, 4) is 11.5 Å². The van der Waals surface area contributed by atoms with Gasteiger partial charge in [0, 0.05) is 18.7 Å². The average Bonchev–Trinajstić information content (AvgIpc) is 3.26. The molecule has 0 aromatic heterocycles. The summed E-state index contributed by atoms with van der Waals surface area (Å²) in [6, 6.07) is 5.29. The minimum atomic E-state index is -0.461. The van der Waals surface area contributed by atoms with E-state index >= 15 is 0 Å². The van der Waals surface area contributed by atoms with Crippen molar-refractivity contribution in [1.82, 2.24) is 9.80 Å². The second kappa shape index (κ2) is 7.82. The van der Waals surface area contributed by atoms with Crippen molar-refractivity contribution in [2.24, 2.45) is 0 Å². The highest BCUT2D eigenvalue weighted by atomic mass is 32.2. The van der Waals surface area contributed by atoms with Crippen molar-refractivity contribution in [3.05, 3.63) is 28.7 Å². The fourth-order valence-corrected chi connectivity index (χ4v) is 3.83. The number of carbonyl (C=O) groups excluding carboxylic acids is 3. The van der Waals surface area contributed by atoms with E-state index < -0.39 is 11.1 Å². The Morgan fingerprint density at radius 3 is 2.58 bits per heavy atom. The first-order chi connectivity index (χ1) is 12.5. The van der Waals surface area contributed by atoms with Gasteiger partial charge in [0.2, 0.25) is 5.91 Å². The van der Waals surface area contributed by atoms with E-state index in [9.17, 15) is 14.4 Å². The summed E-state index contributed by atoms with van der Waals surface area (Å²) in [5.74, 6) is 0.363. The van der Waals surface area contributed by atoms with Crippen molar-refractivity contribution < 1.29 is 23.9 Å². The van der Waals surface area contributed by atoms with Gasteiger partial charge in [0.05, 0.1) is 19.1 Å². The van der Waals surface area contributed by atoms with Crippen molar-refractivity contribution in [3.63, 3.8) is 0 Å². The zero-order chi connectivity index (χ0) is 18.7. The Labute approximate surface area is 155 Å². The molecule has 138 valence electrons. The van der Waals surface area contributed by atoms with Gasteiger partial charge in [-0.25, -0.2) is 0 Å². The van der Waals surface area contributed by atoms with Crippen LogP contribution in [-0.2, 0) is 9.59 Å². The van der Waals surface area contributed by atoms with E-state index in [0.29, 0.717) is 30.2 Å². The zero-order valence-corrected chi connectivity index (χ0v) is 15.5. The Morgan fingerprint density at radius 1 is 1.19 bits per heavy atom. The molecule has 2 heterocycles. The van der Waals surface area contributed by atoms with Crippen LogP contribution in [0.2, 0.25) is 0 Å². The predicted molar refractivity (Wildman–Crippen MR) is 98.0 cm³/mol. The number of imide groups is 1. The second-order valence-electron chi connectivity index (χ2n) is 5.94. The number of ether oxygens (including phenoxy) is 2. The number of carbonyl (C=O) groups is 3. The summed E-state index contributed by atoms with van der Waals surface area (Å²) in [7, 11) is 3.04. The molecule has 3 rings (SSSR count). The van der Waals surface area contributed by atoms with Gasteiger partial charge >= 0.3 is 0 Å². The average molecular weight is 376 g/mol. The van der Waals surface area contributed by atoms with Crippen LogP contribution in [0.5, 0.6) is 11.5 Å². The third kappa shape index (κ3) is 3.55. The number of para-hydroxylation sites is 1. The molecule has 1 aromatic rings. The normalized spacial score (nSPS) is 18.8. The van der Waals surface area contributed by atoms with Gasteiger partial charge in [0.15, 0.2) is 11.5 Å². The largest absolute Gasteiger partial charge is 0.493 e. The molecule has 0 unspecified atom stereocenters. The molecule has 2 aliphatic rings. The van der Waals surface area contributed by atoms with Gasteiger partial charge in [-0.15, -0.1) is 0 Å². The van der Waals surface area contributed by atoms with E-state index in [1.165, 1.54) is 14.2 Å². The first-order valence-corrected chi connectivity index (χ1v) is 9.11. The summed E-state index contributed by atoms with van der Waals surface area (Å²) in [5, 5.41) is -0.435. The number of likely N-dealkylation sites (tertiary alicyclic amines) is 1. The molecule has 0 spiro atoms. The summed E-state index contributed by atoms with van der Waals surface area (Å²) in [4.78, 5) is 40.0. The van der Waals surface area contributed by atoms with Crippen LogP contribution in [0.3, 0.4) is 0 Å². The zero-order valence-electron chi connectivity index (χ0n) is 14.7. The van der Waals surface area contributed by atoms with E-state index in [-0.39, 0.29) is 17.4 Å². The molecule has 3 amide bonds. The Kier molecular flexibility index (Phi) is 5.51. The summed E-state index contributed by atoms with van der Waals surface area (Å²) >= 11 is 0.825. The summed E-state index contributed by atoms with van der Waals surface area (Å²) < 4.78 is 10.6. The number of nitrogens with zero attached hydrogens (tertiary/aromatic N) is 2. The molecule has 0 N–H and O–H groups in total. The number of amides is 3. The van der Waals surface area contributed by atoms with Crippen LogP contribution in [0.1, 0.15) is 18.4 Å². The van der Waals surface area contributed by atoms with Gasteiger partial charge in [-0.1, -0.05) is 12.1 Å². The third-order valence-electron chi connectivity index (χ3n) is 4.35. The Hall–Kier alpha value is -2.48. The summed E-state index contributed by atoms with van der Waals surface area (Å²) in [6.45, 7) is 1.16. The fourth-order valence-electron chi connectivity index (χ4n) is 3.00. The SMILES string of the molecule is COc1cccc(/C=C2/SC(=O)N(CC(=O)N3CCCC3)C2=O)c1OC. The lowest BCUT2D eigenvalue weighted by molar-refractivity contribution is -0.135. The van der Waals surface area contributed by atoms with E-state index in [1.807, 2.05) is 0 Å². The number of hydrogen-bond donors (Lipinski definition) is 0. The van der Waals surface area contributed by atoms with Gasteiger partial charge in [0.1, 0.15) is 6.54 Å². The fraction of sp³-hybridized carbons (Fsp3) is 0.389. The smallest absolute Gasteiger partial charge is 0.294 e. The maximum absolute atomic E-state index is 12.6. The van der Waals surface area contributed by atoms with Crippen molar-refractivity contribution in [2.45, 2.75) is 12.8 Å². The number of methoxy groups -OCH3 is 2. The molecule has 26 heavy (non-hydrogen) atoms. The molecule has 2 aliphatic heterocycles. The van der Waals surface area contributed by atoms with E-state index in [2.05, 4.69) is 0 Å². The lowest BCUT2D eigenvalue weighted by atomic mass is 10.1. The quantitative estimate of drug-likeness (QED) is 0.735. The summed E-state index contributed by atoms with van der Waals surface area (Å²) in [5.41, 5.74) is 0.628. The highest BCUT2D eigenvalue weighted by molar-refractivity contribution is 8.18. The minimum Gasteiger partial charge on any atom is -0.493 e. The highest BCUT2D eigenvalue weighted by Crippen LogP contribution is 2.37. The lowest BCUT2D eigenvalue weighted by Gasteiger charge is -2.18. The van der Waals surface area contributed by atoms with Crippen LogP contribution < -0.4 is 9.47 Å². The highest BCUT2D eigenvalue weighted by Gasteiger charge is 2.37. The van der Waals surface area contributed by atoms with Crippen LogP contribution in [0.15, 0.2) is 23.1 Å². The van der Waals surface area contributed by atoms with Crippen molar-refractivity contribution in [2.75, 3.05) is 33.9 Å². The van der Waals surface area contributed by atoms with E-state index in [0.717, 1.165) is 29.5 Å². The van der Waals surface area contributed by atoms with Gasteiger partial charge in [-0.05, 0) is 36.7 Å². The molecule has 0 bridgehead atoms. The standard InChI is InChI=1S/C18H20N2O5S/c1-24-13-7-5-6-12(16(13)25-2)10-14-17(22)20(18(23)26-14)11-15(21)19-8-3-4-9-19/h5-7,10H,3-4,8-9,11H2,1-2H3/b14-10+. The van der Waals surface area contributed by atoms with Crippen LogP contribution in [0, 0.1) is 0 Å². The van der Waals surface area contributed by atoms with Crippen LogP contribution in [0.25, 0.3) is 6.08 Å². The molecule has 2 fully saturated rings. The second-order valence-corrected chi connectivity index (χ2v) is 6.93. The number of rotatable bonds is 5. The lowest BCUT2D eigenvalue weighted by Crippen LogP contribution is -2.40. The third-order valence-corrected chi connectivity index (χ3v) is 5.25. The number of benzene rings is 1. The summed E-state index contributed by atoms with van der Waals surface area (Å²) in [6.07, 6.45) is 3.51. The molecular formula is C18H20N2O5S. The maximum atomic E-state index is 12.6. The molecule has 1 aromatic carbocycles. The minimum absolute atomic E-state index is 0.190. The molecule has 8 heteroatoms. The van der Waals surface area contributed by atoms with Crippen molar-refractivity contribution in [1.29, 1.82) is 0 Å². The Balaban J connectivity index is 1.80. The Morgan fingerprint density at radius 2 is 1.92 bits per heavy atom. The first-order valence-electron chi connectivity index (χ1n) is 8.29. The molecule has 2 saturated heterocycles. The topological polar surface area (TPSA) is 76.2 Å². The number of hydrogen-bond acceptors (Lipinski definition) is 6. The molecular weight excluding hydrogens is 356 g/mol. The molecule has 7 nitrogen and oxygen atoms in total. The van der Waals surface area contributed by atoms with Gasteiger partial charge < -0.3 is 14.4 Å². The predicted octanol–water partition coefficient (Wildman–Crippen LogP) is 2.36. The van der Waals surface area contributed by atoms with Gasteiger partial charge in [-0.3, -0.25) is 19.3 Å². The molecule has 0 atom stereocenters. The Bertz CT molecular complexity index is 771. The first kappa shape index (κ1) is 18.3. The van der Waals surface area contributed by atoms with Gasteiger partial charge in [0.25, 0.3) is 11.1 Å². The van der Waals surface area contributed by atoms with Crippen LogP contribution in [0.4, 0.5) is 4.79 Å². The molecule has 0 saturated carbocycles. The maximum Gasteiger partial charge on any atom is 0.294 e. The molecule has 0 aliphatic carbocycles. The van der Waals surface area contributed by atoms with E-state index in [4.69, 9.17) is 9.47 Å². The molecule has 0 radical (unpaired) electrons. The number of thioether (sulfide) groups is 1.